The number of nitrogens with one attached hydrogen (secondary N) is 1. The lowest BCUT2D eigenvalue weighted by Gasteiger charge is -2.28. The number of ether oxygens (including phenoxy) is 6. The Balaban J connectivity index is 1.93. The summed E-state index contributed by atoms with van der Waals surface area (Å²) < 4.78 is 40.6. The van der Waals surface area contributed by atoms with Crippen LogP contribution in [0.25, 0.3) is 0 Å². The van der Waals surface area contributed by atoms with E-state index in [4.69, 9.17) is 28.4 Å². The molecular formula is C26H42N4O10S. The Bertz CT molecular complexity index is 1010. The molecule has 0 aromatic carbocycles. The van der Waals surface area contributed by atoms with Crippen LogP contribution in [0.2, 0.25) is 0 Å². The van der Waals surface area contributed by atoms with Gasteiger partial charge in [0, 0.05) is 31.6 Å². The highest BCUT2D eigenvalue weighted by atomic mass is 32.1. The van der Waals surface area contributed by atoms with Crippen LogP contribution < -0.4 is 15.0 Å². The molecule has 0 radical (unpaired) electrons. The number of esters is 4. The highest BCUT2D eigenvalue weighted by molar-refractivity contribution is 6.99. The number of hydrogen-bond acceptors (Lipinski definition) is 15. The first kappa shape index (κ1) is 34.2. The zero-order chi connectivity index (χ0) is 30.6. The summed E-state index contributed by atoms with van der Waals surface area (Å²) in [6, 6.07) is 0. The maximum absolute atomic E-state index is 12.8. The van der Waals surface area contributed by atoms with Gasteiger partial charge in [0.15, 0.2) is 18.3 Å². The van der Waals surface area contributed by atoms with Gasteiger partial charge >= 0.3 is 23.9 Å². The van der Waals surface area contributed by atoms with Crippen molar-refractivity contribution in [3.05, 3.63) is 0 Å². The van der Waals surface area contributed by atoms with Crippen LogP contribution in [0.15, 0.2) is 0 Å². The number of nitrogens with zero attached hydrogens (tertiary/aromatic N) is 3. The number of carbonyl (C=O) groups is 4. The molecule has 4 atom stereocenters. The van der Waals surface area contributed by atoms with Gasteiger partial charge in [-0.05, 0) is 48.0 Å². The second-order valence-corrected chi connectivity index (χ2v) is 11.1. The van der Waals surface area contributed by atoms with Crippen LogP contribution in [0.3, 0.4) is 0 Å². The van der Waals surface area contributed by atoms with Crippen molar-refractivity contribution in [2.24, 2.45) is 0 Å². The van der Waals surface area contributed by atoms with Gasteiger partial charge in [0.1, 0.15) is 12.7 Å². The Morgan fingerprint density at radius 1 is 0.927 bits per heavy atom. The minimum atomic E-state index is -1.34. The molecule has 2 heterocycles. The molecule has 41 heavy (non-hydrogen) atoms. The fourth-order valence-electron chi connectivity index (χ4n) is 3.37. The summed E-state index contributed by atoms with van der Waals surface area (Å²) in [4.78, 5) is 51.1. The maximum atomic E-state index is 12.8. The topological polar surface area (TPSA) is 165 Å². The van der Waals surface area contributed by atoms with Crippen LogP contribution >= 0.6 is 11.7 Å². The van der Waals surface area contributed by atoms with E-state index in [1.54, 1.807) is 6.92 Å². The van der Waals surface area contributed by atoms with Crippen LogP contribution in [0.1, 0.15) is 61.3 Å². The van der Waals surface area contributed by atoms with Crippen molar-refractivity contribution in [3.63, 3.8) is 0 Å². The average Bonchev–Trinajstić information content (AvgIpc) is 3.38. The van der Waals surface area contributed by atoms with E-state index >= 15 is 0 Å². The van der Waals surface area contributed by atoms with Gasteiger partial charge in [-0.15, -0.1) is 4.37 Å². The van der Waals surface area contributed by atoms with E-state index < -0.39 is 48.3 Å². The van der Waals surface area contributed by atoms with Gasteiger partial charge in [0.2, 0.25) is 5.82 Å². The van der Waals surface area contributed by atoms with Crippen molar-refractivity contribution in [2.45, 2.75) is 91.3 Å². The molecule has 0 spiro atoms. The first-order valence-corrected chi connectivity index (χ1v) is 14.4. The van der Waals surface area contributed by atoms with Gasteiger partial charge in [0.25, 0.3) is 5.88 Å². The number of anilines is 1. The molecule has 0 amide bonds. The van der Waals surface area contributed by atoms with Crippen LogP contribution in [0.5, 0.6) is 5.88 Å². The van der Waals surface area contributed by atoms with Crippen LogP contribution in [0.4, 0.5) is 5.82 Å². The Morgan fingerprint density at radius 3 is 2.05 bits per heavy atom. The third-order valence-corrected chi connectivity index (χ3v) is 6.15. The highest BCUT2D eigenvalue weighted by Gasteiger charge is 2.30. The van der Waals surface area contributed by atoms with Gasteiger partial charge in [-0.2, -0.15) is 4.37 Å². The van der Waals surface area contributed by atoms with Crippen LogP contribution in [-0.4, -0.2) is 102 Å². The number of rotatable bonds is 15. The molecule has 0 saturated carbocycles. The van der Waals surface area contributed by atoms with Crippen molar-refractivity contribution >= 4 is 41.4 Å². The standard InChI is InChI=1S/C26H42N4O10S/c1-8-9-20(31)37-16(2)23(32)38-17(3)24(33)39-18(4)25(34)40-19(14-27-26(5,6)7)15-36-22-21(28-41-29-22)30-10-12-35-13-11-30/h16-19,27H,8-15H2,1-7H3. The second-order valence-electron chi connectivity index (χ2n) is 10.5. The van der Waals surface area contributed by atoms with E-state index in [-0.39, 0.29) is 25.1 Å². The molecule has 0 bridgehead atoms. The van der Waals surface area contributed by atoms with Gasteiger partial charge in [0.05, 0.1) is 24.9 Å². The van der Waals surface area contributed by atoms with E-state index in [1.165, 1.54) is 20.8 Å². The molecular weight excluding hydrogens is 560 g/mol. The minimum Gasteiger partial charge on any atom is -0.470 e. The van der Waals surface area contributed by atoms with Crippen LogP contribution in [0, 0.1) is 0 Å². The number of morpholine rings is 1. The summed E-state index contributed by atoms with van der Waals surface area (Å²) in [7, 11) is 0. The molecule has 1 fully saturated rings. The molecule has 232 valence electrons. The molecule has 1 aromatic heterocycles. The first-order valence-electron chi connectivity index (χ1n) is 13.6. The molecule has 0 aliphatic carbocycles. The molecule has 1 N–H and O–H groups in total. The maximum Gasteiger partial charge on any atom is 0.347 e. The average molecular weight is 603 g/mol. The Labute approximate surface area is 244 Å². The predicted octanol–water partition coefficient (Wildman–Crippen LogP) is 1.65. The summed E-state index contributed by atoms with van der Waals surface area (Å²) in [5.41, 5.74) is -0.273. The fourth-order valence-corrected chi connectivity index (χ4v) is 3.89. The Kier molecular flexibility index (Phi) is 13.7. The normalized spacial score (nSPS) is 16.6. The summed E-state index contributed by atoms with van der Waals surface area (Å²) in [6.45, 7) is 14.4. The Morgan fingerprint density at radius 2 is 1.49 bits per heavy atom. The molecule has 4 unspecified atom stereocenters. The number of hydrogen-bond donors (Lipinski definition) is 1. The Hall–Kier alpha value is -3.04. The zero-order valence-corrected chi connectivity index (χ0v) is 25.6. The number of aromatic nitrogens is 2. The fraction of sp³-hybridized carbons (Fsp3) is 0.769. The lowest BCUT2D eigenvalue weighted by atomic mass is 10.1. The predicted molar refractivity (Wildman–Crippen MR) is 148 cm³/mol. The molecule has 1 aliphatic rings. The van der Waals surface area contributed by atoms with E-state index in [1.807, 2.05) is 25.7 Å². The lowest BCUT2D eigenvalue weighted by molar-refractivity contribution is -0.183. The molecule has 1 aliphatic heterocycles. The SMILES string of the molecule is CCCC(=O)OC(C)C(=O)OC(C)C(=O)OC(C)C(=O)OC(CNC(C)(C)C)COc1nsnc1N1CCOCC1. The van der Waals surface area contributed by atoms with Gasteiger partial charge in [-0.1, -0.05) is 6.92 Å². The molecule has 2 rings (SSSR count). The van der Waals surface area contributed by atoms with Crippen molar-refractivity contribution in [2.75, 3.05) is 44.4 Å². The summed E-state index contributed by atoms with van der Waals surface area (Å²) in [5, 5.41) is 3.27. The van der Waals surface area contributed by atoms with Crippen LogP contribution in [-0.2, 0) is 42.9 Å². The smallest absolute Gasteiger partial charge is 0.347 e. The van der Waals surface area contributed by atoms with Gasteiger partial charge in [-0.3, -0.25) is 4.79 Å². The third-order valence-electron chi connectivity index (χ3n) is 5.65. The highest BCUT2D eigenvalue weighted by Crippen LogP contribution is 2.26. The van der Waals surface area contributed by atoms with Crippen molar-refractivity contribution in [1.82, 2.24) is 14.1 Å². The van der Waals surface area contributed by atoms with E-state index in [0.717, 1.165) is 11.7 Å². The number of carbonyl (C=O) groups excluding carboxylic acids is 4. The van der Waals surface area contributed by atoms with E-state index in [2.05, 4.69) is 14.1 Å². The largest absolute Gasteiger partial charge is 0.470 e. The quantitative estimate of drug-likeness (QED) is 0.227. The molecule has 1 saturated heterocycles. The van der Waals surface area contributed by atoms with E-state index in [0.29, 0.717) is 44.4 Å². The summed E-state index contributed by atoms with van der Waals surface area (Å²) in [6.07, 6.45) is -3.88. The molecule has 14 nitrogen and oxygen atoms in total. The first-order chi connectivity index (χ1) is 19.3. The van der Waals surface area contributed by atoms with Crippen molar-refractivity contribution in [3.8, 4) is 5.88 Å². The third kappa shape index (κ3) is 12.2. The monoisotopic (exact) mass is 602 g/mol. The second kappa shape index (κ2) is 16.4. The molecule has 1 aromatic rings. The van der Waals surface area contributed by atoms with Gasteiger partial charge < -0.3 is 38.6 Å². The van der Waals surface area contributed by atoms with Gasteiger partial charge in [-0.25, -0.2) is 14.4 Å². The van der Waals surface area contributed by atoms with E-state index in [9.17, 15) is 19.2 Å². The summed E-state index contributed by atoms with van der Waals surface area (Å²) >= 11 is 1.02. The van der Waals surface area contributed by atoms with Crippen molar-refractivity contribution in [1.29, 1.82) is 0 Å². The lowest BCUT2D eigenvalue weighted by Crippen LogP contribution is -2.45. The minimum absolute atomic E-state index is 0.0269. The van der Waals surface area contributed by atoms with Crippen molar-refractivity contribution < 1.29 is 47.6 Å². The molecule has 15 heteroatoms. The zero-order valence-electron chi connectivity index (χ0n) is 24.8. The summed E-state index contributed by atoms with van der Waals surface area (Å²) in [5.74, 6) is -2.29.